The molecule has 19 heavy (non-hydrogen) atoms. The lowest BCUT2D eigenvalue weighted by atomic mass is 9.99. The fourth-order valence-electron chi connectivity index (χ4n) is 3.07. The largest absolute Gasteiger partial charge is 0.308 e. The second-order valence-corrected chi connectivity index (χ2v) is 6.04. The van der Waals surface area contributed by atoms with E-state index in [1.807, 2.05) is 0 Å². The molecule has 2 atom stereocenters. The van der Waals surface area contributed by atoms with Gasteiger partial charge in [-0.2, -0.15) is 0 Å². The van der Waals surface area contributed by atoms with Crippen molar-refractivity contribution in [3.05, 3.63) is 48.0 Å². The van der Waals surface area contributed by atoms with E-state index in [0.29, 0.717) is 12.1 Å². The first kappa shape index (κ1) is 12.7. The number of fused-ring (bicyclic) bond motifs is 1. The molecule has 0 spiro atoms. The van der Waals surface area contributed by atoms with Gasteiger partial charge in [-0.25, -0.2) is 0 Å². The molecule has 1 aliphatic rings. The minimum atomic E-state index is 0.417. The summed E-state index contributed by atoms with van der Waals surface area (Å²) in [4.78, 5) is 0. The van der Waals surface area contributed by atoms with Crippen LogP contribution in [0.15, 0.2) is 42.5 Å². The summed E-state index contributed by atoms with van der Waals surface area (Å²) in [6.07, 6.45) is 4.21. The van der Waals surface area contributed by atoms with Crippen LogP contribution in [0.2, 0.25) is 0 Å². The Bertz CT molecular complexity index is 551. The van der Waals surface area contributed by atoms with Gasteiger partial charge in [0.2, 0.25) is 0 Å². The maximum absolute atomic E-state index is 3.76. The molecular formula is C18H23N. The van der Waals surface area contributed by atoms with Crippen LogP contribution >= 0.6 is 0 Å². The summed E-state index contributed by atoms with van der Waals surface area (Å²) < 4.78 is 0. The second kappa shape index (κ2) is 5.34. The Morgan fingerprint density at radius 1 is 1.05 bits per heavy atom. The summed E-state index contributed by atoms with van der Waals surface area (Å²) in [5, 5.41) is 6.47. The first-order valence-corrected chi connectivity index (χ1v) is 7.48. The van der Waals surface area contributed by atoms with Crippen molar-refractivity contribution in [1.29, 1.82) is 0 Å². The maximum atomic E-state index is 3.76. The van der Waals surface area contributed by atoms with Gasteiger partial charge in [-0.15, -0.1) is 0 Å². The number of hydrogen-bond donors (Lipinski definition) is 1. The fraction of sp³-hybridized carbons (Fsp3) is 0.444. The van der Waals surface area contributed by atoms with Crippen molar-refractivity contribution in [2.24, 2.45) is 5.92 Å². The molecule has 1 aliphatic carbocycles. The molecule has 0 heterocycles. The van der Waals surface area contributed by atoms with E-state index in [0.717, 1.165) is 5.92 Å². The average molecular weight is 253 g/mol. The quantitative estimate of drug-likeness (QED) is 0.816. The normalized spacial score (nSPS) is 18.4. The molecule has 0 amide bonds. The lowest BCUT2D eigenvalue weighted by Crippen LogP contribution is -2.29. The van der Waals surface area contributed by atoms with Gasteiger partial charge in [0.15, 0.2) is 0 Å². The van der Waals surface area contributed by atoms with E-state index < -0.39 is 0 Å². The summed E-state index contributed by atoms with van der Waals surface area (Å²) in [5.74, 6) is 0.988. The molecule has 0 aliphatic heterocycles. The first-order valence-electron chi connectivity index (χ1n) is 7.48. The summed E-state index contributed by atoms with van der Waals surface area (Å²) in [6.45, 7) is 4.60. The topological polar surface area (TPSA) is 12.0 Å². The smallest absolute Gasteiger partial charge is 0.0300 e. The fourth-order valence-corrected chi connectivity index (χ4v) is 3.07. The third kappa shape index (κ3) is 2.98. The minimum Gasteiger partial charge on any atom is -0.308 e. The third-order valence-corrected chi connectivity index (χ3v) is 4.21. The van der Waals surface area contributed by atoms with E-state index >= 15 is 0 Å². The molecule has 1 saturated carbocycles. The van der Waals surface area contributed by atoms with Crippen molar-refractivity contribution in [1.82, 2.24) is 5.32 Å². The molecule has 1 fully saturated rings. The summed E-state index contributed by atoms with van der Waals surface area (Å²) in [6, 6.07) is 16.3. The standard InChI is InChI=1S/C18H23N/c1-13(12-15-10-11-15)19-14(2)17-9-5-7-16-6-3-4-8-18(16)17/h3-9,13-15,19H,10-12H2,1-2H3. The maximum Gasteiger partial charge on any atom is 0.0300 e. The van der Waals surface area contributed by atoms with Crippen LogP contribution in [0.5, 0.6) is 0 Å². The molecule has 2 aromatic carbocycles. The van der Waals surface area contributed by atoms with Gasteiger partial charge in [0.1, 0.15) is 0 Å². The molecule has 1 heteroatoms. The van der Waals surface area contributed by atoms with Crippen molar-refractivity contribution >= 4 is 10.8 Å². The van der Waals surface area contributed by atoms with Crippen LogP contribution in [-0.4, -0.2) is 6.04 Å². The second-order valence-electron chi connectivity index (χ2n) is 6.04. The van der Waals surface area contributed by atoms with E-state index in [1.54, 1.807) is 0 Å². The van der Waals surface area contributed by atoms with Gasteiger partial charge in [0.05, 0.1) is 0 Å². The summed E-state index contributed by atoms with van der Waals surface area (Å²) >= 11 is 0. The molecule has 1 nitrogen and oxygen atoms in total. The lowest BCUT2D eigenvalue weighted by Gasteiger charge is -2.21. The van der Waals surface area contributed by atoms with E-state index in [4.69, 9.17) is 0 Å². The van der Waals surface area contributed by atoms with Gasteiger partial charge >= 0.3 is 0 Å². The SMILES string of the molecule is CC(CC1CC1)NC(C)c1cccc2ccccc12. The summed E-state index contributed by atoms with van der Waals surface area (Å²) in [5.41, 5.74) is 1.42. The highest BCUT2D eigenvalue weighted by Crippen LogP contribution is 2.34. The molecule has 2 unspecified atom stereocenters. The zero-order valence-electron chi connectivity index (χ0n) is 11.9. The van der Waals surface area contributed by atoms with Crippen molar-refractivity contribution < 1.29 is 0 Å². The van der Waals surface area contributed by atoms with Crippen LogP contribution in [0, 0.1) is 5.92 Å². The van der Waals surface area contributed by atoms with E-state index in [2.05, 4.69) is 61.6 Å². The number of nitrogens with one attached hydrogen (secondary N) is 1. The Hall–Kier alpha value is -1.34. The molecular weight excluding hydrogens is 230 g/mol. The van der Waals surface area contributed by atoms with Crippen LogP contribution in [0.25, 0.3) is 10.8 Å². The van der Waals surface area contributed by atoms with Crippen molar-refractivity contribution in [2.75, 3.05) is 0 Å². The van der Waals surface area contributed by atoms with E-state index in [1.165, 1.54) is 35.6 Å². The zero-order valence-corrected chi connectivity index (χ0v) is 11.9. The molecule has 2 aromatic rings. The van der Waals surface area contributed by atoms with Crippen LogP contribution in [0.4, 0.5) is 0 Å². The predicted octanol–water partition coefficient (Wildman–Crippen LogP) is 4.68. The average Bonchev–Trinajstić information content (AvgIpc) is 3.21. The lowest BCUT2D eigenvalue weighted by molar-refractivity contribution is 0.440. The van der Waals surface area contributed by atoms with Gasteiger partial charge < -0.3 is 5.32 Å². The Balaban J connectivity index is 1.78. The minimum absolute atomic E-state index is 0.417. The number of benzene rings is 2. The molecule has 0 aromatic heterocycles. The Kier molecular flexibility index (Phi) is 3.56. The number of hydrogen-bond acceptors (Lipinski definition) is 1. The highest BCUT2D eigenvalue weighted by molar-refractivity contribution is 5.86. The van der Waals surface area contributed by atoms with Gasteiger partial charge in [0, 0.05) is 12.1 Å². The van der Waals surface area contributed by atoms with Crippen LogP contribution < -0.4 is 5.32 Å². The van der Waals surface area contributed by atoms with E-state index in [9.17, 15) is 0 Å². The van der Waals surface area contributed by atoms with Crippen LogP contribution in [0.1, 0.15) is 44.7 Å². The van der Waals surface area contributed by atoms with Gasteiger partial charge in [-0.3, -0.25) is 0 Å². The van der Waals surface area contributed by atoms with Crippen molar-refractivity contribution in [3.8, 4) is 0 Å². The Morgan fingerprint density at radius 3 is 2.58 bits per heavy atom. The molecule has 3 rings (SSSR count). The zero-order chi connectivity index (χ0) is 13.2. The van der Waals surface area contributed by atoms with Crippen LogP contribution in [0.3, 0.4) is 0 Å². The predicted molar refractivity (Wildman–Crippen MR) is 82.3 cm³/mol. The molecule has 100 valence electrons. The van der Waals surface area contributed by atoms with Gasteiger partial charge in [-0.1, -0.05) is 55.3 Å². The Labute approximate surface area is 116 Å². The molecule has 0 saturated heterocycles. The third-order valence-electron chi connectivity index (χ3n) is 4.21. The van der Waals surface area contributed by atoms with Gasteiger partial charge in [0.25, 0.3) is 0 Å². The highest BCUT2D eigenvalue weighted by Gasteiger charge is 2.24. The Morgan fingerprint density at radius 2 is 1.79 bits per heavy atom. The number of rotatable bonds is 5. The monoisotopic (exact) mass is 253 g/mol. The van der Waals surface area contributed by atoms with Crippen molar-refractivity contribution in [3.63, 3.8) is 0 Å². The van der Waals surface area contributed by atoms with Crippen LogP contribution in [-0.2, 0) is 0 Å². The van der Waals surface area contributed by atoms with Crippen molar-refractivity contribution in [2.45, 2.75) is 45.2 Å². The molecule has 1 N–H and O–H groups in total. The molecule has 0 radical (unpaired) electrons. The highest BCUT2D eigenvalue weighted by atomic mass is 14.9. The first-order chi connectivity index (χ1) is 9.24. The van der Waals surface area contributed by atoms with Gasteiger partial charge in [-0.05, 0) is 42.5 Å². The molecule has 0 bridgehead atoms. The summed E-state index contributed by atoms with van der Waals surface area (Å²) in [7, 11) is 0. The van der Waals surface area contributed by atoms with E-state index in [-0.39, 0.29) is 0 Å².